The fourth-order valence-corrected chi connectivity index (χ4v) is 2.33. The highest BCUT2D eigenvalue weighted by Gasteiger charge is 2.29. The molecule has 19 heavy (non-hydrogen) atoms. The summed E-state index contributed by atoms with van der Waals surface area (Å²) in [5, 5.41) is 3.23. The number of esters is 1. The van der Waals surface area contributed by atoms with Crippen molar-refractivity contribution in [2.24, 2.45) is 0 Å². The normalized spacial score (nSPS) is 18.1. The van der Waals surface area contributed by atoms with E-state index in [1.165, 1.54) is 13.2 Å². The van der Waals surface area contributed by atoms with Crippen LogP contribution in [0.4, 0.5) is 4.39 Å². The van der Waals surface area contributed by atoms with E-state index in [4.69, 9.17) is 4.74 Å². The largest absolute Gasteiger partial charge is 0.468 e. The minimum Gasteiger partial charge on any atom is -0.468 e. The summed E-state index contributed by atoms with van der Waals surface area (Å²) in [7, 11) is 1.36. The minimum absolute atomic E-state index is 0.290. The number of carbonyl (C=O) groups is 1. The van der Waals surface area contributed by atoms with Gasteiger partial charge in [-0.1, -0.05) is 12.1 Å². The van der Waals surface area contributed by atoms with Crippen LogP contribution in [-0.4, -0.2) is 44.2 Å². The van der Waals surface area contributed by atoms with Crippen molar-refractivity contribution >= 4 is 5.97 Å². The molecule has 2 rings (SSSR count). The van der Waals surface area contributed by atoms with Crippen LogP contribution in [0.1, 0.15) is 17.2 Å². The second kappa shape index (κ2) is 6.12. The third-order valence-corrected chi connectivity index (χ3v) is 3.45. The molecule has 4 nitrogen and oxygen atoms in total. The van der Waals surface area contributed by atoms with Gasteiger partial charge in [0.1, 0.15) is 11.9 Å². The van der Waals surface area contributed by atoms with Crippen molar-refractivity contribution < 1.29 is 13.9 Å². The first kappa shape index (κ1) is 14.0. The first-order valence-corrected chi connectivity index (χ1v) is 6.42. The van der Waals surface area contributed by atoms with Crippen molar-refractivity contribution in [1.82, 2.24) is 10.2 Å². The molecule has 0 amide bonds. The van der Waals surface area contributed by atoms with Crippen molar-refractivity contribution in [2.75, 3.05) is 33.3 Å². The van der Waals surface area contributed by atoms with Gasteiger partial charge < -0.3 is 10.1 Å². The van der Waals surface area contributed by atoms with E-state index < -0.39 is 6.04 Å². The van der Waals surface area contributed by atoms with Crippen molar-refractivity contribution in [2.45, 2.75) is 13.0 Å². The quantitative estimate of drug-likeness (QED) is 0.836. The third-order valence-electron chi connectivity index (χ3n) is 3.45. The molecule has 1 heterocycles. The van der Waals surface area contributed by atoms with Crippen molar-refractivity contribution in [3.63, 3.8) is 0 Å². The molecule has 1 fully saturated rings. The molecule has 1 unspecified atom stereocenters. The Labute approximate surface area is 112 Å². The molecule has 1 aromatic carbocycles. The van der Waals surface area contributed by atoms with Gasteiger partial charge >= 0.3 is 5.97 Å². The number of hydrogen-bond donors (Lipinski definition) is 1. The first-order valence-electron chi connectivity index (χ1n) is 6.42. The van der Waals surface area contributed by atoms with E-state index in [9.17, 15) is 9.18 Å². The molecule has 0 aromatic heterocycles. The van der Waals surface area contributed by atoms with Crippen LogP contribution in [0.2, 0.25) is 0 Å². The predicted molar refractivity (Wildman–Crippen MR) is 70.3 cm³/mol. The molecule has 5 heteroatoms. The molecule has 0 bridgehead atoms. The predicted octanol–water partition coefficient (Wildman–Crippen LogP) is 1.25. The minimum atomic E-state index is -0.526. The monoisotopic (exact) mass is 266 g/mol. The van der Waals surface area contributed by atoms with E-state index in [1.54, 1.807) is 19.1 Å². The summed E-state index contributed by atoms with van der Waals surface area (Å²) >= 11 is 0. The third kappa shape index (κ3) is 3.11. The molecule has 1 aromatic rings. The maximum atomic E-state index is 13.7. The molecular formula is C14H19FN2O2. The molecule has 1 saturated heterocycles. The van der Waals surface area contributed by atoms with Gasteiger partial charge in [0.2, 0.25) is 0 Å². The number of piperazine rings is 1. The summed E-state index contributed by atoms with van der Waals surface area (Å²) in [5.74, 6) is -0.633. The van der Waals surface area contributed by atoms with Gasteiger partial charge in [0, 0.05) is 26.2 Å². The number of aryl methyl sites for hydroxylation is 1. The number of halogens is 1. The summed E-state index contributed by atoms with van der Waals surface area (Å²) in [4.78, 5) is 14.0. The number of ether oxygens (including phenoxy) is 1. The summed E-state index contributed by atoms with van der Waals surface area (Å²) in [6.07, 6.45) is 0. The van der Waals surface area contributed by atoms with E-state index in [2.05, 4.69) is 5.32 Å². The van der Waals surface area contributed by atoms with Crippen molar-refractivity contribution in [3.05, 3.63) is 35.1 Å². The highest BCUT2D eigenvalue weighted by molar-refractivity contribution is 5.77. The molecular weight excluding hydrogens is 247 g/mol. The Bertz CT molecular complexity index is 459. The average molecular weight is 266 g/mol. The molecule has 0 saturated carbocycles. The van der Waals surface area contributed by atoms with Crippen molar-refractivity contribution in [3.8, 4) is 0 Å². The molecule has 0 spiro atoms. The van der Waals surface area contributed by atoms with Gasteiger partial charge in [-0.15, -0.1) is 0 Å². The van der Waals surface area contributed by atoms with Crippen LogP contribution >= 0.6 is 0 Å². The van der Waals surface area contributed by atoms with Crippen LogP contribution in [0.15, 0.2) is 18.2 Å². The zero-order valence-electron chi connectivity index (χ0n) is 11.3. The van der Waals surface area contributed by atoms with Gasteiger partial charge in [0.05, 0.1) is 7.11 Å². The lowest BCUT2D eigenvalue weighted by atomic mass is 10.0. The van der Waals surface area contributed by atoms with E-state index in [0.29, 0.717) is 11.1 Å². The van der Waals surface area contributed by atoms with Crippen LogP contribution < -0.4 is 5.32 Å². The van der Waals surface area contributed by atoms with Crippen LogP contribution in [0.5, 0.6) is 0 Å². The highest BCUT2D eigenvalue weighted by atomic mass is 19.1. The Kier molecular flexibility index (Phi) is 4.50. The summed E-state index contributed by atoms with van der Waals surface area (Å²) in [6, 6.07) is 4.39. The molecule has 104 valence electrons. The van der Waals surface area contributed by atoms with Crippen LogP contribution in [0.25, 0.3) is 0 Å². The average Bonchev–Trinajstić information content (AvgIpc) is 2.44. The van der Waals surface area contributed by atoms with E-state index in [1.807, 2.05) is 4.90 Å². The topological polar surface area (TPSA) is 41.6 Å². The Morgan fingerprint density at radius 1 is 1.42 bits per heavy atom. The SMILES string of the molecule is COC(=O)C(c1ccc(C)c(F)c1)N1CCNCC1. The Morgan fingerprint density at radius 3 is 2.68 bits per heavy atom. The zero-order chi connectivity index (χ0) is 13.8. The standard InChI is InChI=1S/C14H19FN2O2/c1-10-3-4-11(9-12(10)15)13(14(18)19-2)17-7-5-16-6-8-17/h3-4,9,13,16H,5-8H2,1-2H3. The van der Waals surface area contributed by atoms with Gasteiger partial charge in [-0.2, -0.15) is 0 Å². The van der Waals surface area contributed by atoms with Gasteiger partial charge in [-0.05, 0) is 24.1 Å². The summed E-state index contributed by atoms with van der Waals surface area (Å²) in [6.45, 7) is 4.84. The molecule has 1 N–H and O–H groups in total. The second-order valence-electron chi connectivity index (χ2n) is 4.72. The second-order valence-corrected chi connectivity index (χ2v) is 4.72. The number of benzene rings is 1. The fraction of sp³-hybridized carbons (Fsp3) is 0.500. The van der Waals surface area contributed by atoms with E-state index >= 15 is 0 Å². The van der Waals surface area contributed by atoms with Gasteiger partial charge in [0.15, 0.2) is 0 Å². The lowest BCUT2D eigenvalue weighted by Crippen LogP contribution is -2.47. The zero-order valence-corrected chi connectivity index (χ0v) is 11.3. The lowest BCUT2D eigenvalue weighted by Gasteiger charge is -2.33. The van der Waals surface area contributed by atoms with Crippen molar-refractivity contribution in [1.29, 1.82) is 0 Å². The van der Waals surface area contributed by atoms with Gasteiger partial charge in [-0.3, -0.25) is 4.90 Å². The molecule has 1 atom stereocenters. The summed E-state index contributed by atoms with van der Waals surface area (Å²) in [5.41, 5.74) is 1.23. The number of methoxy groups -OCH3 is 1. The molecule has 1 aliphatic heterocycles. The number of rotatable bonds is 3. The van der Waals surface area contributed by atoms with Gasteiger partial charge in [-0.25, -0.2) is 9.18 Å². The number of carbonyl (C=O) groups excluding carboxylic acids is 1. The number of hydrogen-bond acceptors (Lipinski definition) is 4. The molecule has 1 aliphatic rings. The van der Waals surface area contributed by atoms with Gasteiger partial charge in [0.25, 0.3) is 0 Å². The highest BCUT2D eigenvalue weighted by Crippen LogP contribution is 2.24. The van der Waals surface area contributed by atoms with E-state index in [0.717, 1.165) is 26.2 Å². The maximum Gasteiger partial charge on any atom is 0.327 e. The Balaban J connectivity index is 2.30. The van der Waals surface area contributed by atoms with Crippen LogP contribution in [0, 0.1) is 12.7 Å². The summed E-state index contributed by atoms with van der Waals surface area (Å²) < 4.78 is 18.6. The van der Waals surface area contributed by atoms with E-state index in [-0.39, 0.29) is 11.8 Å². The molecule has 0 radical (unpaired) electrons. The molecule has 0 aliphatic carbocycles. The Hall–Kier alpha value is -1.46. The lowest BCUT2D eigenvalue weighted by molar-refractivity contribution is -0.147. The number of nitrogens with zero attached hydrogens (tertiary/aromatic N) is 1. The first-order chi connectivity index (χ1) is 9.13. The fourth-order valence-electron chi connectivity index (χ4n) is 2.33. The Morgan fingerprint density at radius 2 is 2.11 bits per heavy atom. The maximum absolute atomic E-state index is 13.7. The number of nitrogens with one attached hydrogen (secondary N) is 1. The van der Waals surface area contributed by atoms with Crippen LogP contribution in [-0.2, 0) is 9.53 Å². The smallest absolute Gasteiger partial charge is 0.327 e. The van der Waals surface area contributed by atoms with Crippen LogP contribution in [0.3, 0.4) is 0 Å².